The van der Waals surface area contributed by atoms with Crippen LogP contribution in [0.2, 0.25) is 0 Å². The fraction of sp³-hybridized carbons (Fsp3) is 0.522. The second-order valence-corrected chi connectivity index (χ2v) is 8.73. The molecule has 0 aliphatic rings. The number of carboxylic acid groups (broad SMARTS) is 2. The second-order valence-electron chi connectivity index (χ2n) is 8.73. The summed E-state index contributed by atoms with van der Waals surface area (Å²) in [7, 11) is 0. The third-order valence-corrected chi connectivity index (χ3v) is 5.08. The number of phenolic OH excluding ortho intramolecular Hbond substituents is 1. The quantitative estimate of drug-likeness (QED) is 0.181. The van der Waals surface area contributed by atoms with Crippen LogP contribution in [0.3, 0.4) is 0 Å². The van der Waals surface area contributed by atoms with Gasteiger partial charge in [0.15, 0.2) is 0 Å². The molecule has 0 saturated heterocycles. The fourth-order valence-corrected chi connectivity index (χ4v) is 3.16. The van der Waals surface area contributed by atoms with Crippen molar-refractivity contribution in [1.29, 1.82) is 0 Å². The molecule has 0 radical (unpaired) electrons. The molecule has 0 spiro atoms. The van der Waals surface area contributed by atoms with Crippen LogP contribution in [0, 0.1) is 5.92 Å². The van der Waals surface area contributed by atoms with Crippen LogP contribution in [0.5, 0.6) is 5.75 Å². The number of nitrogens with one attached hydrogen (secondary N) is 3. The summed E-state index contributed by atoms with van der Waals surface area (Å²) in [4.78, 5) is 59.9. The maximum absolute atomic E-state index is 12.7. The van der Waals surface area contributed by atoms with Crippen molar-refractivity contribution in [3.63, 3.8) is 0 Å². The second kappa shape index (κ2) is 13.9. The van der Waals surface area contributed by atoms with Crippen LogP contribution < -0.4 is 21.7 Å². The number of phenols is 1. The van der Waals surface area contributed by atoms with Crippen LogP contribution in [-0.2, 0) is 30.4 Å². The predicted molar refractivity (Wildman–Crippen MR) is 125 cm³/mol. The van der Waals surface area contributed by atoms with E-state index in [1.807, 2.05) is 0 Å². The number of aromatic hydroxyl groups is 1. The molecule has 35 heavy (non-hydrogen) atoms. The van der Waals surface area contributed by atoms with Crippen LogP contribution in [0.25, 0.3) is 0 Å². The number of rotatable bonds is 14. The SMILES string of the molecule is CC(C)CC(NC(=O)C(C)NC(=O)C(N)Cc1ccc(O)cc1)C(=O)NC(CCC(=O)O)C(=O)O. The molecule has 0 bridgehead atoms. The van der Waals surface area contributed by atoms with Crippen LogP contribution in [0.15, 0.2) is 24.3 Å². The van der Waals surface area contributed by atoms with Gasteiger partial charge in [0, 0.05) is 6.42 Å². The molecule has 1 rings (SSSR count). The van der Waals surface area contributed by atoms with E-state index < -0.39 is 60.2 Å². The van der Waals surface area contributed by atoms with E-state index >= 15 is 0 Å². The number of carboxylic acids is 2. The monoisotopic (exact) mass is 494 g/mol. The lowest BCUT2D eigenvalue weighted by atomic mass is 10.0. The highest BCUT2D eigenvalue weighted by Gasteiger charge is 2.29. The van der Waals surface area contributed by atoms with Gasteiger partial charge in [-0.2, -0.15) is 0 Å². The molecule has 0 heterocycles. The summed E-state index contributed by atoms with van der Waals surface area (Å²) in [6, 6.07) is 1.63. The maximum Gasteiger partial charge on any atom is 0.326 e. The van der Waals surface area contributed by atoms with E-state index in [4.69, 9.17) is 10.8 Å². The van der Waals surface area contributed by atoms with Gasteiger partial charge >= 0.3 is 11.9 Å². The van der Waals surface area contributed by atoms with Gasteiger partial charge in [-0.1, -0.05) is 26.0 Å². The van der Waals surface area contributed by atoms with Crippen molar-refractivity contribution in [1.82, 2.24) is 16.0 Å². The molecule has 8 N–H and O–H groups in total. The molecule has 12 heteroatoms. The Morgan fingerprint density at radius 2 is 1.43 bits per heavy atom. The molecule has 194 valence electrons. The predicted octanol–water partition coefficient (Wildman–Crippen LogP) is -0.268. The summed E-state index contributed by atoms with van der Waals surface area (Å²) in [6.45, 7) is 5.02. The number of carbonyl (C=O) groups excluding carboxylic acids is 3. The molecule has 3 amide bonds. The van der Waals surface area contributed by atoms with E-state index in [9.17, 15) is 34.2 Å². The van der Waals surface area contributed by atoms with Crippen molar-refractivity contribution in [2.24, 2.45) is 11.7 Å². The van der Waals surface area contributed by atoms with Gasteiger partial charge in [-0.3, -0.25) is 19.2 Å². The first-order valence-corrected chi connectivity index (χ1v) is 11.2. The Kier molecular flexibility index (Phi) is 11.7. The van der Waals surface area contributed by atoms with E-state index in [0.29, 0.717) is 5.56 Å². The highest BCUT2D eigenvalue weighted by molar-refractivity contribution is 5.94. The number of benzene rings is 1. The first-order chi connectivity index (χ1) is 16.3. The Balaban J connectivity index is 2.75. The average molecular weight is 495 g/mol. The Morgan fingerprint density at radius 3 is 1.94 bits per heavy atom. The molecule has 0 aliphatic heterocycles. The third kappa shape index (κ3) is 10.9. The first kappa shape index (κ1) is 29.4. The molecular weight excluding hydrogens is 460 g/mol. The number of carbonyl (C=O) groups is 5. The number of aliphatic carboxylic acids is 2. The molecule has 4 unspecified atom stereocenters. The van der Waals surface area contributed by atoms with E-state index in [1.54, 1.807) is 26.0 Å². The minimum atomic E-state index is -1.43. The van der Waals surface area contributed by atoms with Gasteiger partial charge in [0.2, 0.25) is 17.7 Å². The topological polar surface area (TPSA) is 208 Å². The van der Waals surface area contributed by atoms with Crippen molar-refractivity contribution in [2.45, 2.75) is 70.6 Å². The van der Waals surface area contributed by atoms with Crippen LogP contribution in [0.4, 0.5) is 0 Å². The normalized spacial score (nSPS) is 14.3. The van der Waals surface area contributed by atoms with E-state index in [2.05, 4.69) is 16.0 Å². The van der Waals surface area contributed by atoms with Crippen molar-refractivity contribution in [3.8, 4) is 5.75 Å². The van der Waals surface area contributed by atoms with E-state index in [0.717, 1.165) is 0 Å². The smallest absolute Gasteiger partial charge is 0.326 e. The van der Waals surface area contributed by atoms with E-state index in [-0.39, 0.29) is 30.9 Å². The van der Waals surface area contributed by atoms with Crippen molar-refractivity contribution < 1.29 is 39.3 Å². The molecule has 12 nitrogen and oxygen atoms in total. The standard InChI is InChI=1S/C23H34N4O8/c1-12(2)10-18(22(33)26-17(23(34)35)8-9-19(29)30)27-20(31)13(3)25-21(32)16(24)11-14-4-6-15(28)7-5-14/h4-7,12-13,16-18,28H,8-11,24H2,1-3H3,(H,25,32)(H,26,33)(H,27,31)(H,29,30)(H,34,35). The lowest BCUT2D eigenvalue weighted by Crippen LogP contribution is -2.56. The van der Waals surface area contributed by atoms with Crippen LogP contribution in [0.1, 0.15) is 45.6 Å². The molecule has 0 saturated carbocycles. The summed E-state index contributed by atoms with van der Waals surface area (Å²) in [5.41, 5.74) is 6.63. The third-order valence-electron chi connectivity index (χ3n) is 5.08. The first-order valence-electron chi connectivity index (χ1n) is 11.2. The lowest BCUT2D eigenvalue weighted by Gasteiger charge is -2.24. The van der Waals surface area contributed by atoms with Gasteiger partial charge in [0.25, 0.3) is 0 Å². The fourth-order valence-electron chi connectivity index (χ4n) is 3.16. The molecule has 0 aromatic heterocycles. The molecule has 0 fully saturated rings. The molecule has 0 aliphatic carbocycles. The van der Waals surface area contributed by atoms with Gasteiger partial charge in [-0.25, -0.2) is 4.79 Å². The van der Waals surface area contributed by atoms with Gasteiger partial charge in [0.1, 0.15) is 23.9 Å². The maximum atomic E-state index is 12.7. The van der Waals surface area contributed by atoms with Crippen molar-refractivity contribution in [2.75, 3.05) is 0 Å². The lowest BCUT2D eigenvalue weighted by molar-refractivity contribution is -0.143. The summed E-state index contributed by atoms with van der Waals surface area (Å²) >= 11 is 0. The van der Waals surface area contributed by atoms with Gasteiger partial charge in [-0.15, -0.1) is 0 Å². The van der Waals surface area contributed by atoms with Gasteiger partial charge < -0.3 is 37.0 Å². The Morgan fingerprint density at radius 1 is 0.857 bits per heavy atom. The van der Waals surface area contributed by atoms with Crippen LogP contribution >= 0.6 is 0 Å². The van der Waals surface area contributed by atoms with E-state index in [1.165, 1.54) is 19.1 Å². The highest BCUT2D eigenvalue weighted by Crippen LogP contribution is 2.11. The average Bonchev–Trinajstić information content (AvgIpc) is 2.76. The van der Waals surface area contributed by atoms with Crippen molar-refractivity contribution in [3.05, 3.63) is 29.8 Å². The summed E-state index contributed by atoms with van der Waals surface area (Å²) in [5, 5.41) is 34.6. The number of amides is 3. The van der Waals surface area contributed by atoms with Crippen molar-refractivity contribution >= 4 is 29.7 Å². The molecule has 1 aromatic rings. The minimum absolute atomic E-state index is 0.0445. The zero-order valence-electron chi connectivity index (χ0n) is 20.0. The molecular formula is C23H34N4O8. The minimum Gasteiger partial charge on any atom is -0.508 e. The molecule has 1 aromatic carbocycles. The largest absolute Gasteiger partial charge is 0.508 e. The number of hydrogen-bond donors (Lipinski definition) is 7. The Hall–Kier alpha value is -3.67. The zero-order valence-corrected chi connectivity index (χ0v) is 20.0. The summed E-state index contributed by atoms with van der Waals surface area (Å²) in [6.07, 6.45) is -0.411. The zero-order chi connectivity index (χ0) is 26.7. The Labute approximate surface area is 203 Å². The summed E-state index contributed by atoms with van der Waals surface area (Å²) in [5.74, 6) is -4.60. The van der Waals surface area contributed by atoms with Gasteiger partial charge in [-0.05, 0) is 49.8 Å². The number of nitrogens with two attached hydrogens (primary N) is 1. The number of hydrogen-bond acceptors (Lipinski definition) is 7. The summed E-state index contributed by atoms with van der Waals surface area (Å²) < 4.78 is 0. The Bertz CT molecular complexity index is 903. The van der Waals surface area contributed by atoms with Gasteiger partial charge in [0.05, 0.1) is 6.04 Å². The molecule has 4 atom stereocenters. The highest BCUT2D eigenvalue weighted by atomic mass is 16.4. The van der Waals surface area contributed by atoms with Crippen LogP contribution in [-0.4, -0.2) is 69.1 Å².